The fourth-order valence-corrected chi connectivity index (χ4v) is 4.10. The summed E-state index contributed by atoms with van der Waals surface area (Å²) in [6, 6.07) is 8.15. The Kier molecular flexibility index (Phi) is 7.19. The third-order valence-electron chi connectivity index (χ3n) is 5.92. The summed E-state index contributed by atoms with van der Waals surface area (Å²) < 4.78 is 0. The van der Waals surface area contributed by atoms with E-state index in [-0.39, 0.29) is 11.8 Å². The summed E-state index contributed by atoms with van der Waals surface area (Å²) in [5, 5.41) is 9.39. The number of hydrogen-bond acceptors (Lipinski definition) is 7. The number of carbonyl (C=O) groups is 2. The highest BCUT2D eigenvalue weighted by atomic mass is 16.2. The molecule has 33 heavy (non-hydrogen) atoms. The maximum absolute atomic E-state index is 12.6. The zero-order valence-corrected chi connectivity index (χ0v) is 19.2. The van der Waals surface area contributed by atoms with Gasteiger partial charge in [-0.2, -0.15) is 0 Å². The van der Waals surface area contributed by atoms with E-state index in [2.05, 4.69) is 50.0 Å². The average molecular weight is 450 g/mol. The van der Waals surface area contributed by atoms with E-state index in [1.807, 2.05) is 19.2 Å². The molecule has 0 radical (unpaired) electrons. The van der Waals surface area contributed by atoms with Gasteiger partial charge < -0.3 is 25.8 Å². The number of carbonyl (C=O) groups excluding carboxylic acids is 2. The number of anilines is 3. The molecule has 0 fully saturated rings. The number of benzene rings is 1. The topological polar surface area (TPSA) is 102 Å². The van der Waals surface area contributed by atoms with Crippen LogP contribution in [0, 0.1) is 0 Å². The van der Waals surface area contributed by atoms with Gasteiger partial charge in [0.05, 0.1) is 11.1 Å². The molecule has 0 saturated carbocycles. The summed E-state index contributed by atoms with van der Waals surface area (Å²) in [6.45, 7) is 3.03. The molecular formula is C24H31N7O2. The molecule has 0 saturated heterocycles. The van der Waals surface area contributed by atoms with Crippen LogP contribution in [0.25, 0.3) is 5.57 Å². The van der Waals surface area contributed by atoms with Gasteiger partial charge in [0.1, 0.15) is 18.0 Å². The molecule has 0 atom stereocenters. The van der Waals surface area contributed by atoms with Gasteiger partial charge in [-0.15, -0.1) is 0 Å². The van der Waals surface area contributed by atoms with Gasteiger partial charge >= 0.3 is 0 Å². The van der Waals surface area contributed by atoms with Gasteiger partial charge in [0, 0.05) is 45.0 Å². The Morgan fingerprint density at radius 1 is 1.00 bits per heavy atom. The molecule has 0 aliphatic carbocycles. The second-order valence-electron chi connectivity index (χ2n) is 8.59. The van der Waals surface area contributed by atoms with E-state index in [0.717, 1.165) is 38.0 Å². The predicted octanol–water partition coefficient (Wildman–Crippen LogP) is 2.76. The second-order valence-corrected chi connectivity index (χ2v) is 8.59. The third-order valence-corrected chi connectivity index (χ3v) is 5.92. The minimum Gasteiger partial charge on any atom is -0.369 e. The first-order valence-electron chi connectivity index (χ1n) is 11.4. The average Bonchev–Trinajstić information content (AvgIpc) is 3.13. The maximum atomic E-state index is 12.6. The number of amides is 2. The Balaban J connectivity index is 1.59. The lowest BCUT2D eigenvalue weighted by atomic mass is 10.1. The van der Waals surface area contributed by atoms with Gasteiger partial charge in [0.15, 0.2) is 0 Å². The lowest BCUT2D eigenvalue weighted by Gasteiger charge is -2.19. The second kappa shape index (κ2) is 10.4. The molecule has 0 unspecified atom stereocenters. The Hall–Kier alpha value is -3.46. The molecule has 4 rings (SSSR count). The molecular weight excluding hydrogens is 418 g/mol. The number of hydrogen-bond donors (Lipinski definition) is 3. The SMILES string of the molecule is CN1CCCCC(=O)N(C)CCCNc2ncnc3c2/C(=C/Nc2cccc(c2)C1)C(=O)N3. The molecule has 2 amide bonds. The minimum absolute atomic E-state index is 0.175. The van der Waals surface area contributed by atoms with Crippen LogP contribution in [0.15, 0.2) is 36.8 Å². The summed E-state index contributed by atoms with van der Waals surface area (Å²) in [5.74, 6) is 1.05. The van der Waals surface area contributed by atoms with E-state index in [1.54, 1.807) is 11.1 Å². The molecule has 1 aromatic carbocycles. The predicted molar refractivity (Wildman–Crippen MR) is 130 cm³/mol. The van der Waals surface area contributed by atoms with Gasteiger partial charge in [-0.25, -0.2) is 9.97 Å². The van der Waals surface area contributed by atoms with E-state index < -0.39 is 0 Å². The summed E-state index contributed by atoms with van der Waals surface area (Å²) in [7, 11) is 3.95. The van der Waals surface area contributed by atoms with E-state index in [4.69, 9.17) is 0 Å². The molecule has 9 nitrogen and oxygen atoms in total. The van der Waals surface area contributed by atoms with Crippen molar-refractivity contribution in [3.05, 3.63) is 47.9 Å². The number of rotatable bonds is 0. The molecule has 1 aromatic heterocycles. The summed E-state index contributed by atoms with van der Waals surface area (Å²) in [6.07, 6.45) is 6.35. The van der Waals surface area contributed by atoms with E-state index in [9.17, 15) is 9.59 Å². The van der Waals surface area contributed by atoms with Gasteiger partial charge in [-0.1, -0.05) is 12.1 Å². The lowest BCUT2D eigenvalue weighted by Crippen LogP contribution is -2.29. The van der Waals surface area contributed by atoms with Gasteiger partial charge in [-0.05, 0) is 50.6 Å². The normalized spacial score (nSPS) is 20.1. The first kappa shape index (κ1) is 22.7. The monoisotopic (exact) mass is 449 g/mol. The molecule has 2 bridgehead atoms. The highest BCUT2D eigenvalue weighted by molar-refractivity contribution is 6.32. The quantitative estimate of drug-likeness (QED) is 0.568. The van der Waals surface area contributed by atoms with Crippen molar-refractivity contribution >= 4 is 34.7 Å². The van der Waals surface area contributed by atoms with Crippen LogP contribution >= 0.6 is 0 Å². The molecule has 2 aliphatic rings. The number of nitrogens with zero attached hydrogens (tertiary/aromatic N) is 4. The van der Waals surface area contributed by atoms with Crippen LogP contribution in [0.1, 0.15) is 36.8 Å². The highest BCUT2D eigenvalue weighted by Gasteiger charge is 2.29. The van der Waals surface area contributed by atoms with Crippen LogP contribution in [-0.2, 0) is 16.1 Å². The fourth-order valence-electron chi connectivity index (χ4n) is 4.10. The van der Waals surface area contributed by atoms with Crippen molar-refractivity contribution in [3.63, 3.8) is 0 Å². The molecule has 2 aromatic rings. The Morgan fingerprint density at radius 3 is 2.73 bits per heavy atom. The van der Waals surface area contributed by atoms with Crippen molar-refractivity contribution in [1.82, 2.24) is 19.8 Å². The van der Waals surface area contributed by atoms with Crippen LogP contribution in [0.3, 0.4) is 0 Å². The summed E-state index contributed by atoms with van der Waals surface area (Å²) in [5.41, 5.74) is 3.22. The van der Waals surface area contributed by atoms with Crippen LogP contribution in [0.2, 0.25) is 0 Å². The Labute approximate surface area is 194 Å². The largest absolute Gasteiger partial charge is 0.369 e. The molecule has 174 valence electrons. The van der Waals surface area contributed by atoms with Crippen LogP contribution in [0.4, 0.5) is 17.3 Å². The summed E-state index contributed by atoms with van der Waals surface area (Å²) >= 11 is 0. The van der Waals surface area contributed by atoms with Gasteiger partial charge in [0.25, 0.3) is 5.91 Å². The fraction of sp³-hybridized carbons (Fsp3) is 0.417. The lowest BCUT2D eigenvalue weighted by molar-refractivity contribution is -0.130. The van der Waals surface area contributed by atoms with Crippen molar-refractivity contribution < 1.29 is 9.59 Å². The Bertz CT molecular complexity index is 1050. The van der Waals surface area contributed by atoms with Gasteiger partial charge in [-0.3, -0.25) is 9.59 Å². The maximum Gasteiger partial charge on any atom is 0.259 e. The van der Waals surface area contributed by atoms with Crippen LogP contribution in [-0.4, -0.2) is 65.3 Å². The zero-order valence-electron chi connectivity index (χ0n) is 19.2. The number of fused-ring (bicyclic) bond motifs is 2. The highest BCUT2D eigenvalue weighted by Crippen LogP contribution is 2.34. The van der Waals surface area contributed by atoms with E-state index in [0.29, 0.717) is 42.3 Å². The molecule has 3 heterocycles. The third kappa shape index (κ3) is 5.67. The van der Waals surface area contributed by atoms with E-state index >= 15 is 0 Å². The first-order chi connectivity index (χ1) is 16.0. The van der Waals surface area contributed by atoms with E-state index in [1.165, 1.54) is 11.9 Å². The van der Waals surface area contributed by atoms with Crippen molar-refractivity contribution in [1.29, 1.82) is 0 Å². The van der Waals surface area contributed by atoms with Crippen molar-refractivity contribution in [2.75, 3.05) is 49.7 Å². The first-order valence-corrected chi connectivity index (χ1v) is 11.4. The molecule has 9 heteroatoms. The molecule has 0 spiro atoms. The molecule has 2 aliphatic heterocycles. The van der Waals surface area contributed by atoms with Crippen molar-refractivity contribution in [2.24, 2.45) is 0 Å². The minimum atomic E-state index is -0.218. The van der Waals surface area contributed by atoms with Crippen LogP contribution in [0.5, 0.6) is 0 Å². The van der Waals surface area contributed by atoms with Crippen molar-refractivity contribution in [3.8, 4) is 0 Å². The Morgan fingerprint density at radius 2 is 1.85 bits per heavy atom. The van der Waals surface area contributed by atoms with Gasteiger partial charge in [0.2, 0.25) is 5.91 Å². The summed E-state index contributed by atoms with van der Waals surface area (Å²) in [4.78, 5) is 37.7. The number of nitrogens with one attached hydrogen (secondary N) is 3. The number of aromatic nitrogens is 2. The smallest absolute Gasteiger partial charge is 0.259 e. The molecule has 3 N–H and O–H groups in total. The van der Waals surface area contributed by atoms with Crippen LogP contribution < -0.4 is 16.0 Å². The standard InChI is InChI=1S/C24H31N7O2/c1-30-11-4-3-9-20(32)31(2)12-6-10-25-22-21-19(24(33)29-23(21)28-16-27-22)14-26-18-8-5-7-17(13-18)15-30/h5,7-8,13-14,16,26H,3-4,6,9-12,15H2,1-2H3,(H2,25,27,28,29,33)/b19-14-. The van der Waals surface area contributed by atoms with Crippen molar-refractivity contribution in [2.45, 2.75) is 32.2 Å². The zero-order chi connectivity index (χ0) is 23.2.